The van der Waals surface area contributed by atoms with Crippen molar-refractivity contribution in [2.24, 2.45) is 0 Å². The van der Waals surface area contributed by atoms with Crippen LogP contribution in [0.4, 0.5) is 85.3 Å². The molecular formula is C139H116N8O2. The molecule has 0 amide bonds. The third-order valence-corrected chi connectivity index (χ3v) is 28.6. The van der Waals surface area contributed by atoms with Crippen molar-refractivity contribution in [1.82, 2.24) is 13.7 Å². The van der Waals surface area contributed by atoms with Crippen LogP contribution in [-0.4, -0.2) is 13.7 Å². The molecule has 23 rings (SSSR count). The lowest BCUT2D eigenvalue weighted by Gasteiger charge is -2.35. The van der Waals surface area contributed by atoms with Gasteiger partial charge in [0, 0.05) is 135 Å². The molecule has 10 heteroatoms. The number of hydrogen-bond donors (Lipinski definition) is 0. The SMILES string of the molecule is C=CCc1cccc(N(c2ccccc2)c2cc(C)c(N(c3cc(C)c(N(c4ccccc4)c4cccc(C)c4)cc3C)c3cc(C)c(N(c4ccccc4)c4cccc(CC=C)c4)cc3C)cc2C)c1.C=COc1cccc(Cc2ccc3c(c2)c2ccccc2n3-c2ccc(N(c3ccc(-n4c5ccccc5c5ccccc54)cc3)c3ccc(-n4c5ccccc5c5cc(Cc6cccc(OC=C)c6)ccc54)cc3)cc2)c1. The van der Waals surface area contributed by atoms with E-state index in [1.54, 1.807) is 0 Å². The first-order valence-corrected chi connectivity index (χ1v) is 51.1. The Balaban J connectivity index is 0.000000170. The maximum absolute atomic E-state index is 5.60. The predicted molar refractivity (Wildman–Crippen MR) is 630 cm³/mol. The van der Waals surface area contributed by atoms with Crippen LogP contribution in [0.3, 0.4) is 0 Å². The summed E-state index contributed by atoms with van der Waals surface area (Å²) in [4.78, 5) is 12.1. The summed E-state index contributed by atoms with van der Waals surface area (Å²) in [7, 11) is 0. The van der Waals surface area contributed by atoms with Crippen molar-refractivity contribution in [2.45, 2.75) is 74.1 Å². The second-order valence-corrected chi connectivity index (χ2v) is 38.7. The van der Waals surface area contributed by atoms with Crippen LogP contribution >= 0.6 is 0 Å². The van der Waals surface area contributed by atoms with E-state index in [1.165, 1.54) is 100 Å². The molecule has 724 valence electrons. The molecule has 20 aromatic carbocycles. The van der Waals surface area contributed by atoms with Crippen molar-refractivity contribution in [3.8, 4) is 28.6 Å². The Morgan fingerprint density at radius 3 is 0.785 bits per heavy atom. The number of ether oxygens (including phenoxy) is 2. The van der Waals surface area contributed by atoms with Crippen molar-refractivity contribution in [1.29, 1.82) is 0 Å². The molecule has 0 atom stereocenters. The third-order valence-electron chi connectivity index (χ3n) is 28.6. The normalized spacial score (nSPS) is 11.3. The fourth-order valence-electron chi connectivity index (χ4n) is 21.8. The smallest absolute Gasteiger partial charge is 0.126 e. The van der Waals surface area contributed by atoms with Crippen LogP contribution in [0.2, 0.25) is 0 Å². The lowest BCUT2D eigenvalue weighted by Crippen LogP contribution is -2.18. The molecule has 0 aliphatic carbocycles. The molecule has 0 fully saturated rings. The van der Waals surface area contributed by atoms with Gasteiger partial charge in [0.05, 0.1) is 45.6 Å². The Morgan fingerprint density at radius 2 is 0.463 bits per heavy atom. The summed E-state index contributed by atoms with van der Waals surface area (Å²) < 4.78 is 18.4. The van der Waals surface area contributed by atoms with E-state index >= 15 is 0 Å². The molecule has 3 heterocycles. The van der Waals surface area contributed by atoms with Gasteiger partial charge in [-0.3, -0.25) is 0 Å². The predicted octanol–water partition coefficient (Wildman–Crippen LogP) is 37.9. The number of aromatic nitrogens is 3. The number of benzene rings is 20. The second kappa shape index (κ2) is 42.0. The van der Waals surface area contributed by atoms with Crippen LogP contribution in [0.5, 0.6) is 11.5 Å². The van der Waals surface area contributed by atoms with Gasteiger partial charge in [0.1, 0.15) is 11.5 Å². The van der Waals surface area contributed by atoms with E-state index in [2.05, 4.69) is 544 Å². The monoisotopic (exact) mass is 1930 g/mol. The van der Waals surface area contributed by atoms with E-state index in [0.717, 1.165) is 189 Å². The van der Waals surface area contributed by atoms with Gasteiger partial charge in [-0.15, -0.1) is 13.2 Å². The quantitative estimate of drug-likeness (QED) is 0.0328. The minimum atomic E-state index is 0.790. The van der Waals surface area contributed by atoms with E-state index in [4.69, 9.17) is 9.47 Å². The minimum Gasteiger partial charge on any atom is -0.466 e. The lowest BCUT2D eigenvalue weighted by atomic mass is 9.98. The average molecular weight is 1930 g/mol. The van der Waals surface area contributed by atoms with Crippen LogP contribution < -0.4 is 34.0 Å². The van der Waals surface area contributed by atoms with E-state index in [-0.39, 0.29) is 0 Å². The third kappa shape index (κ3) is 19.1. The standard InChI is InChI=1S/C72H52N4O2.C67H64N4/c1-3-77-59-17-13-15-49(45-59)43-51-27-41-71-65(47-51)63-21-7-11-25-69(63)75(71)57-37-31-54(32-38-57)73(53-29-35-56(36-30-53)74-67-23-9-5-19-61(67)62-20-6-10-24-68(62)74)55-33-39-58(40-34-55)76-70-26-12-8-22-64(70)66-48-52(28-42-72(66)76)44-50-16-14-18-60(46-50)78-4-2;1-10-24-54-27-22-36-60(45-54)69(57-31-17-13-18-32-57)63-40-52(8)66(43-49(63)5)71(65-42-48(4)62(39-51(65)7)68(56-29-15-12-16-30-56)59-35-21-26-47(3)38-59)67-44-50(6)64(41-53(67)9)70(58-33-19-14-20-34-58)61-37-23-28-55(46-61)25-11-2/h3-42,45-48H,1-2,43-44H2;10-23,26-46H,1-2,24-25H2,3-9H3. The summed E-state index contributed by atoms with van der Waals surface area (Å²) >= 11 is 0. The van der Waals surface area contributed by atoms with Gasteiger partial charge in [-0.1, -0.05) is 226 Å². The van der Waals surface area contributed by atoms with E-state index in [0.29, 0.717) is 0 Å². The fraction of sp³-hybridized carbons (Fsp3) is 0.0791. The number of aryl methyl sites for hydroxylation is 7. The highest BCUT2D eigenvalue weighted by atomic mass is 16.5. The Morgan fingerprint density at radius 1 is 0.201 bits per heavy atom. The number of para-hydroxylation sites is 7. The molecule has 23 aromatic rings. The number of hydrogen-bond acceptors (Lipinski definition) is 7. The van der Waals surface area contributed by atoms with Crippen LogP contribution in [-0.2, 0) is 25.7 Å². The van der Waals surface area contributed by atoms with Gasteiger partial charge in [-0.2, -0.15) is 0 Å². The zero-order chi connectivity index (χ0) is 102. The Hall–Kier alpha value is -18.6. The molecule has 3 aromatic heterocycles. The van der Waals surface area contributed by atoms with E-state index in [9.17, 15) is 0 Å². The van der Waals surface area contributed by atoms with Gasteiger partial charge in [0.15, 0.2) is 0 Å². The number of nitrogens with zero attached hydrogens (tertiary/aromatic N) is 8. The maximum Gasteiger partial charge on any atom is 0.126 e. The minimum absolute atomic E-state index is 0.790. The first-order chi connectivity index (χ1) is 73.1. The molecule has 0 saturated heterocycles. The highest BCUT2D eigenvalue weighted by Crippen LogP contribution is 2.51. The first-order valence-electron chi connectivity index (χ1n) is 51.1. The Kier molecular flexibility index (Phi) is 26.8. The molecule has 0 aliphatic rings. The number of fused-ring (bicyclic) bond motifs is 9. The highest BCUT2D eigenvalue weighted by molar-refractivity contribution is 6.12. The summed E-state index contributed by atoms with van der Waals surface area (Å²) in [6.45, 7) is 31.3. The van der Waals surface area contributed by atoms with Crippen LogP contribution in [0.25, 0.3) is 82.5 Å². The second-order valence-electron chi connectivity index (χ2n) is 38.7. The van der Waals surface area contributed by atoms with E-state index < -0.39 is 0 Å². The molecule has 10 nitrogen and oxygen atoms in total. The lowest BCUT2D eigenvalue weighted by molar-refractivity contribution is 0.482. The van der Waals surface area contributed by atoms with Gasteiger partial charge in [-0.05, 0) is 401 Å². The molecule has 0 radical (unpaired) electrons. The molecule has 0 saturated carbocycles. The van der Waals surface area contributed by atoms with Gasteiger partial charge in [0.2, 0.25) is 0 Å². The van der Waals surface area contributed by atoms with Gasteiger partial charge in [0.25, 0.3) is 0 Å². The first kappa shape index (κ1) is 95.2. The van der Waals surface area contributed by atoms with Crippen molar-refractivity contribution in [3.05, 3.63) is 578 Å². The Bertz CT molecular complexity index is 8540. The zero-order valence-corrected chi connectivity index (χ0v) is 85.2. The average Bonchev–Trinajstić information content (AvgIpc) is 1.51. The van der Waals surface area contributed by atoms with Crippen molar-refractivity contribution >= 4 is 151 Å². The number of allylic oxidation sites excluding steroid dienone is 2. The van der Waals surface area contributed by atoms with Crippen molar-refractivity contribution < 1.29 is 9.47 Å². The summed E-state index contributed by atoms with van der Waals surface area (Å²) in [5, 5.41) is 7.37. The molecule has 0 spiro atoms. The maximum atomic E-state index is 5.60. The molecule has 0 N–H and O–H groups in total. The molecule has 0 aliphatic heterocycles. The molecular weight excluding hydrogens is 1810 g/mol. The van der Waals surface area contributed by atoms with Crippen LogP contribution in [0.15, 0.2) is 506 Å². The van der Waals surface area contributed by atoms with Gasteiger partial charge >= 0.3 is 0 Å². The van der Waals surface area contributed by atoms with Crippen LogP contribution in [0.1, 0.15) is 72.3 Å². The van der Waals surface area contributed by atoms with Crippen molar-refractivity contribution in [2.75, 3.05) is 24.5 Å². The zero-order valence-electron chi connectivity index (χ0n) is 85.2. The van der Waals surface area contributed by atoms with Gasteiger partial charge < -0.3 is 47.7 Å². The van der Waals surface area contributed by atoms with Crippen molar-refractivity contribution in [3.63, 3.8) is 0 Å². The summed E-state index contributed by atoms with van der Waals surface area (Å²) in [6, 6.07) is 165. The fourth-order valence-corrected chi connectivity index (χ4v) is 21.8. The van der Waals surface area contributed by atoms with E-state index in [1.807, 2.05) is 36.4 Å². The van der Waals surface area contributed by atoms with Crippen LogP contribution in [0, 0.1) is 48.5 Å². The molecule has 149 heavy (non-hydrogen) atoms. The van der Waals surface area contributed by atoms with Gasteiger partial charge in [-0.25, -0.2) is 0 Å². The largest absolute Gasteiger partial charge is 0.466 e. The number of rotatable bonds is 30. The number of anilines is 15. The molecule has 0 bridgehead atoms. The Labute approximate surface area is 873 Å². The topological polar surface area (TPSA) is 49.5 Å². The summed E-state index contributed by atoms with van der Waals surface area (Å²) in [5.74, 6) is 1.58. The highest BCUT2D eigenvalue weighted by Gasteiger charge is 2.29. The summed E-state index contributed by atoms with van der Waals surface area (Å²) in [6.07, 6.45) is 10.1. The molecule has 0 unspecified atom stereocenters. The summed E-state index contributed by atoms with van der Waals surface area (Å²) in [5.41, 5.74) is 42.4.